The van der Waals surface area contributed by atoms with Gasteiger partial charge in [0.1, 0.15) is 0 Å². The van der Waals surface area contributed by atoms with E-state index in [2.05, 4.69) is 64.7 Å². The molecule has 1 saturated heterocycles. The summed E-state index contributed by atoms with van der Waals surface area (Å²) in [6.45, 7) is 5.71. The molecule has 1 aliphatic heterocycles. The van der Waals surface area contributed by atoms with E-state index in [4.69, 9.17) is 0 Å². The van der Waals surface area contributed by atoms with Gasteiger partial charge in [-0.05, 0) is 51.3 Å². The van der Waals surface area contributed by atoms with Crippen LogP contribution in [0.5, 0.6) is 0 Å². The van der Waals surface area contributed by atoms with Crippen LogP contribution in [0.3, 0.4) is 0 Å². The Morgan fingerprint density at radius 1 is 1.39 bits per heavy atom. The second kappa shape index (κ2) is 6.69. The van der Waals surface area contributed by atoms with Gasteiger partial charge < -0.3 is 10.6 Å². The predicted octanol–water partition coefficient (Wildman–Crippen LogP) is 3.63. The highest BCUT2D eigenvalue weighted by molar-refractivity contribution is 9.10. The van der Waals surface area contributed by atoms with Crippen LogP contribution >= 0.6 is 15.9 Å². The highest BCUT2D eigenvalue weighted by Gasteiger charge is 2.18. The lowest BCUT2D eigenvalue weighted by Gasteiger charge is -2.23. The zero-order chi connectivity index (χ0) is 13.0. The fourth-order valence-corrected chi connectivity index (χ4v) is 3.42. The lowest BCUT2D eigenvalue weighted by Crippen LogP contribution is -2.35. The van der Waals surface area contributed by atoms with Crippen LogP contribution in [0.25, 0.3) is 0 Å². The van der Waals surface area contributed by atoms with E-state index in [1.807, 2.05) is 0 Å². The Morgan fingerprint density at radius 2 is 2.17 bits per heavy atom. The van der Waals surface area contributed by atoms with Crippen molar-refractivity contribution in [2.24, 2.45) is 0 Å². The van der Waals surface area contributed by atoms with Crippen molar-refractivity contribution in [1.29, 1.82) is 0 Å². The summed E-state index contributed by atoms with van der Waals surface area (Å²) in [7, 11) is 0. The van der Waals surface area contributed by atoms with Gasteiger partial charge in [0.2, 0.25) is 0 Å². The van der Waals surface area contributed by atoms with E-state index in [0.717, 1.165) is 0 Å². The van der Waals surface area contributed by atoms with E-state index in [9.17, 15) is 0 Å². The summed E-state index contributed by atoms with van der Waals surface area (Å²) in [6, 6.07) is 10.1. The van der Waals surface area contributed by atoms with E-state index >= 15 is 0 Å². The summed E-state index contributed by atoms with van der Waals surface area (Å²) in [5, 5.41) is 7.26. The summed E-state index contributed by atoms with van der Waals surface area (Å²) in [6.07, 6.45) is 3.88. The molecular formula is C15H23BrN2. The van der Waals surface area contributed by atoms with Crippen molar-refractivity contribution < 1.29 is 0 Å². The number of rotatable bonds is 5. The summed E-state index contributed by atoms with van der Waals surface area (Å²) in [4.78, 5) is 0. The summed E-state index contributed by atoms with van der Waals surface area (Å²) < 4.78 is 1.19. The Balaban J connectivity index is 1.86. The minimum Gasteiger partial charge on any atom is -0.314 e. The van der Waals surface area contributed by atoms with Gasteiger partial charge in [-0.15, -0.1) is 0 Å². The standard InChI is InChI=1S/C15H23BrN2/c1-11(10-13-6-5-9-17-13)18-12(2)14-7-3-4-8-15(14)16/h3-4,7-8,11-13,17-18H,5-6,9-10H2,1-2H3/t11?,12-,13?/m1/s1. The van der Waals surface area contributed by atoms with Crippen LogP contribution < -0.4 is 10.6 Å². The van der Waals surface area contributed by atoms with Crippen LogP contribution in [0, 0.1) is 0 Å². The molecule has 2 unspecified atom stereocenters. The van der Waals surface area contributed by atoms with Gasteiger partial charge in [-0.3, -0.25) is 0 Å². The van der Waals surface area contributed by atoms with Gasteiger partial charge in [-0.2, -0.15) is 0 Å². The fraction of sp³-hybridized carbons (Fsp3) is 0.600. The maximum absolute atomic E-state index is 3.69. The van der Waals surface area contributed by atoms with Crippen LogP contribution in [0.1, 0.15) is 44.7 Å². The first-order valence-corrected chi connectivity index (χ1v) is 7.70. The first-order valence-electron chi connectivity index (χ1n) is 6.90. The van der Waals surface area contributed by atoms with Gasteiger partial charge in [-0.25, -0.2) is 0 Å². The number of benzene rings is 1. The molecule has 3 heteroatoms. The Labute approximate surface area is 119 Å². The molecular weight excluding hydrogens is 288 g/mol. The molecule has 18 heavy (non-hydrogen) atoms. The minimum atomic E-state index is 0.386. The highest BCUT2D eigenvalue weighted by atomic mass is 79.9. The molecule has 1 aromatic carbocycles. The minimum absolute atomic E-state index is 0.386. The molecule has 0 spiro atoms. The molecule has 2 N–H and O–H groups in total. The van der Waals surface area contributed by atoms with Gasteiger partial charge in [-0.1, -0.05) is 34.1 Å². The van der Waals surface area contributed by atoms with Crippen molar-refractivity contribution >= 4 is 15.9 Å². The lowest BCUT2D eigenvalue weighted by molar-refractivity contribution is 0.407. The third kappa shape index (κ3) is 3.81. The van der Waals surface area contributed by atoms with Gasteiger partial charge >= 0.3 is 0 Å². The normalized spacial score (nSPS) is 22.9. The van der Waals surface area contributed by atoms with Gasteiger partial charge in [0, 0.05) is 22.6 Å². The molecule has 0 aromatic heterocycles. The molecule has 0 aliphatic carbocycles. The fourth-order valence-electron chi connectivity index (χ4n) is 2.80. The average Bonchev–Trinajstić information content (AvgIpc) is 2.82. The number of hydrogen-bond acceptors (Lipinski definition) is 2. The Morgan fingerprint density at radius 3 is 2.83 bits per heavy atom. The number of nitrogens with one attached hydrogen (secondary N) is 2. The van der Waals surface area contributed by atoms with Crippen LogP contribution in [-0.4, -0.2) is 18.6 Å². The summed E-state index contributed by atoms with van der Waals surface area (Å²) in [5.74, 6) is 0. The van der Waals surface area contributed by atoms with Crippen molar-refractivity contribution in [3.63, 3.8) is 0 Å². The molecule has 100 valence electrons. The third-order valence-corrected chi connectivity index (χ3v) is 4.43. The maximum Gasteiger partial charge on any atom is 0.0305 e. The first kappa shape index (κ1) is 14.0. The molecule has 0 saturated carbocycles. The van der Waals surface area contributed by atoms with Crippen molar-refractivity contribution in [2.45, 2.75) is 51.2 Å². The Hall–Kier alpha value is -0.380. The zero-order valence-corrected chi connectivity index (χ0v) is 12.8. The van der Waals surface area contributed by atoms with Crippen LogP contribution in [0.15, 0.2) is 28.7 Å². The monoisotopic (exact) mass is 310 g/mol. The highest BCUT2D eigenvalue weighted by Crippen LogP contribution is 2.23. The third-order valence-electron chi connectivity index (χ3n) is 3.71. The Kier molecular flexibility index (Phi) is 5.22. The first-order chi connectivity index (χ1) is 8.66. The van der Waals surface area contributed by atoms with Crippen LogP contribution in [0.4, 0.5) is 0 Å². The van der Waals surface area contributed by atoms with Crippen molar-refractivity contribution in [3.8, 4) is 0 Å². The van der Waals surface area contributed by atoms with Crippen molar-refractivity contribution in [1.82, 2.24) is 10.6 Å². The molecule has 1 heterocycles. The SMILES string of the molecule is CC(CC1CCCN1)N[C@H](C)c1ccccc1Br. The molecule has 0 amide bonds. The molecule has 1 aromatic rings. The van der Waals surface area contributed by atoms with E-state index in [1.54, 1.807) is 0 Å². The van der Waals surface area contributed by atoms with Crippen molar-refractivity contribution in [2.75, 3.05) is 6.54 Å². The van der Waals surface area contributed by atoms with Gasteiger partial charge in [0.15, 0.2) is 0 Å². The van der Waals surface area contributed by atoms with E-state index in [1.165, 1.54) is 35.8 Å². The van der Waals surface area contributed by atoms with Crippen LogP contribution in [-0.2, 0) is 0 Å². The van der Waals surface area contributed by atoms with E-state index < -0.39 is 0 Å². The topological polar surface area (TPSA) is 24.1 Å². The second-order valence-corrected chi connectivity index (χ2v) is 6.19. The smallest absolute Gasteiger partial charge is 0.0305 e. The summed E-state index contributed by atoms with van der Waals surface area (Å²) in [5.41, 5.74) is 1.34. The van der Waals surface area contributed by atoms with Gasteiger partial charge in [0.25, 0.3) is 0 Å². The largest absolute Gasteiger partial charge is 0.314 e. The number of halogens is 1. The molecule has 0 bridgehead atoms. The van der Waals surface area contributed by atoms with E-state index in [0.29, 0.717) is 18.1 Å². The molecule has 1 aliphatic rings. The Bertz CT molecular complexity index is 375. The molecule has 2 nitrogen and oxygen atoms in total. The van der Waals surface area contributed by atoms with Gasteiger partial charge in [0.05, 0.1) is 0 Å². The average molecular weight is 311 g/mol. The second-order valence-electron chi connectivity index (χ2n) is 5.34. The molecule has 2 rings (SSSR count). The maximum atomic E-state index is 3.69. The zero-order valence-electron chi connectivity index (χ0n) is 11.2. The molecule has 1 fully saturated rings. The van der Waals surface area contributed by atoms with E-state index in [-0.39, 0.29) is 0 Å². The molecule has 3 atom stereocenters. The number of hydrogen-bond donors (Lipinski definition) is 2. The summed E-state index contributed by atoms with van der Waals surface area (Å²) >= 11 is 3.62. The van der Waals surface area contributed by atoms with Crippen molar-refractivity contribution in [3.05, 3.63) is 34.3 Å². The van der Waals surface area contributed by atoms with Crippen LogP contribution in [0.2, 0.25) is 0 Å². The lowest BCUT2D eigenvalue weighted by atomic mass is 10.0. The molecule has 0 radical (unpaired) electrons. The quantitative estimate of drug-likeness (QED) is 0.868. The predicted molar refractivity (Wildman–Crippen MR) is 80.8 cm³/mol.